The normalized spacial score (nSPS) is 28.9. The van der Waals surface area contributed by atoms with E-state index in [1.807, 2.05) is 4.90 Å². The maximum atomic E-state index is 13.8. The van der Waals surface area contributed by atoms with E-state index in [1.54, 1.807) is 0 Å². The monoisotopic (exact) mass is 526 g/mol. The average molecular weight is 527 g/mol. The molecule has 5 rings (SSSR count). The first-order chi connectivity index (χ1) is 18.4. The van der Waals surface area contributed by atoms with Crippen LogP contribution < -0.4 is 10.6 Å². The Kier molecular flexibility index (Phi) is 8.21. The Morgan fingerprint density at radius 3 is 2.74 bits per heavy atom. The van der Waals surface area contributed by atoms with Gasteiger partial charge in [-0.05, 0) is 63.7 Å². The van der Waals surface area contributed by atoms with Crippen molar-refractivity contribution in [2.45, 2.75) is 90.1 Å². The van der Waals surface area contributed by atoms with Crippen LogP contribution in [0.1, 0.15) is 87.0 Å². The summed E-state index contributed by atoms with van der Waals surface area (Å²) in [4.78, 5) is 42.4. The molecule has 3 aliphatic heterocycles. The van der Waals surface area contributed by atoms with Gasteiger partial charge in [0.05, 0.1) is 12.0 Å². The molecule has 0 radical (unpaired) electrons. The summed E-state index contributed by atoms with van der Waals surface area (Å²) >= 11 is 0. The van der Waals surface area contributed by atoms with E-state index in [-0.39, 0.29) is 35.6 Å². The predicted octanol–water partition coefficient (Wildman–Crippen LogP) is 3.18. The minimum atomic E-state index is -0.659. The number of aryl methyl sites for hydroxylation is 1. The fourth-order valence-electron chi connectivity index (χ4n) is 6.46. The highest BCUT2D eigenvalue weighted by molar-refractivity contribution is 5.94. The number of carbonyl (C=O) groups excluding carboxylic acids is 3. The summed E-state index contributed by atoms with van der Waals surface area (Å²) in [5.41, 5.74) is 0.741. The van der Waals surface area contributed by atoms with Crippen molar-refractivity contribution in [1.82, 2.24) is 20.7 Å². The standard InChI is InChI=1S/C29H42N4O5/c1-19(2)17-23-26(34)30-22-10-16-37-18-20(22)7-5-6-11-29(28(36)31-23)12-14-33(15-13-29)27(35)25-21-8-3-4-9-24(21)38-32-25/h5-6,19-20,22-23H,3-4,7-18H2,1-2H3,(H,30,34)(H,31,36)/b6-5+/t20-,22+,23+/m1/s1. The number of nitrogens with zero attached hydrogens (tertiary/aromatic N) is 2. The summed E-state index contributed by atoms with van der Waals surface area (Å²) in [5, 5.41) is 10.5. The first-order valence-electron chi connectivity index (χ1n) is 14.5. The maximum Gasteiger partial charge on any atom is 0.276 e. The quantitative estimate of drug-likeness (QED) is 0.585. The average Bonchev–Trinajstić information content (AvgIpc) is 3.35. The van der Waals surface area contributed by atoms with Gasteiger partial charge in [-0.25, -0.2) is 0 Å². The largest absolute Gasteiger partial charge is 0.381 e. The molecule has 3 amide bonds. The second-order valence-electron chi connectivity index (χ2n) is 12.0. The molecule has 208 valence electrons. The number of fused-ring (bicyclic) bond motifs is 2. The van der Waals surface area contributed by atoms with Gasteiger partial charge in [-0.3, -0.25) is 14.4 Å². The molecule has 2 saturated heterocycles. The number of piperidine rings is 1. The van der Waals surface area contributed by atoms with Crippen LogP contribution >= 0.6 is 0 Å². The number of amides is 3. The van der Waals surface area contributed by atoms with Crippen LogP contribution in [0.2, 0.25) is 0 Å². The van der Waals surface area contributed by atoms with Gasteiger partial charge in [-0.1, -0.05) is 31.2 Å². The van der Waals surface area contributed by atoms with Crippen molar-refractivity contribution < 1.29 is 23.6 Å². The van der Waals surface area contributed by atoms with Crippen molar-refractivity contribution in [2.75, 3.05) is 26.3 Å². The van der Waals surface area contributed by atoms with E-state index in [0.717, 1.165) is 49.8 Å². The number of aromatic nitrogens is 1. The molecule has 0 bridgehead atoms. The van der Waals surface area contributed by atoms with Crippen LogP contribution in [0.5, 0.6) is 0 Å². The molecule has 4 heterocycles. The van der Waals surface area contributed by atoms with Crippen molar-refractivity contribution in [3.8, 4) is 0 Å². The third kappa shape index (κ3) is 5.67. The lowest BCUT2D eigenvalue weighted by atomic mass is 9.74. The van der Waals surface area contributed by atoms with Crippen molar-refractivity contribution in [1.29, 1.82) is 0 Å². The Hall–Kier alpha value is -2.68. The summed E-state index contributed by atoms with van der Waals surface area (Å²) in [6, 6.07) is -0.523. The Balaban J connectivity index is 1.33. The lowest BCUT2D eigenvalue weighted by Crippen LogP contribution is -2.57. The number of carbonyl (C=O) groups is 3. The molecule has 0 saturated carbocycles. The molecule has 1 aromatic rings. The van der Waals surface area contributed by atoms with Gasteiger partial charge >= 0.3 is 0 Å². The molecular weight excluding hydrogens is 484 g/mol. The number of rotatable bonds is 3. The third-order valence-corrected chi connectivity index (χ3v) is 8.89. The number of nitrogens with one attached hydrogen (secondary N) is 2. The molecule has 0 unspecified atom stereocenters. The summed E-state index contributed by atoms with van der Waals surface area (Å²) < 4.78 is 11.2. The Bertz CT molecular complexity index is 1060. The van der Waals surface area contributed by atoms with E-state index in [9.17, 15) is 14.4 Å². The van der Waals surface area contributed by atoms with E-state index in [2.05, 4.69) is 41.8 Å². The van der Waals surface area contributed by atoms with Gasteiger partial charge < -0.3 is 24.8 Å². The van der Waals surface area contributed by atoms with E-state index in [1.165, 1.54) is 0 Å². The Morgan fingerprint density at radius 2 is 1.95 bits per heavy atom. The van der Waals surface area contributed by atoms with Crippen molar-refractivity contribution >= 4 is 17.7 Å². The summed E-state index contributed by atoms with van der Waals surface area (Å²) in [6.45, 7) is 6.35. The fraction of sp³-hybridized carbons (Fsp3) is 0.724. The smallest absolute Gasteiger partial charge is 0.276 e. The lowest BCUT2D eigenvalue weighted by Gasteiger charge is -2.41. The highest BCUT2D eigenvalue weighted by Crippen LogP contribution is 2.38. The zero-order chi connectivity index (χ0) is 26.7. The molecule has 1 aliphatic carbocycles. The number of hydrogen-bond acceptors (Lipinski definition) is 6. The van der Waals surface area contributed by atoms with E-state index >= 15 is 0 Å². The van der Waals surface area contributed by atoms with Crippen LogP contribution in [0.25, 0.3) is 0 Å². The van der Waals surface area contributed by atoms with E-state index in [0.29, 0.717) is 57.7 Å². The van der Waals surface area contributed by atoms with Crippen molar-refractivity contribution in [3.63, 3.8) is 0 Å². The van der Waals surface area contributed by atoms with Gasteiger partial charge in [0.25, 0.3) is 5.91 Å². The SMILES string of the molecule is CC(C)C[C@@H]1NC(=O)C2(C/C=C/C[C@@H]3COCC[C@@H]3NC1=O)CCN(C(=O)c1noc3c1CCCC3)CC2. The van der Waals surface area contributed by atoms with Crippen LogP contribution in [0.4, 0.5) is 0 Å². The van der Waals surface area contributed by atoms with Gasteiger partial charge in [-0.15, -0.1) is 0 Å². The minimum absolute atomic E-state index is 0.0531. The van der Waals surface area contributed by atoms with Crippen molar-refractivity contribution in [2.24, 2.45) is 17.3 Å². The zero-order valence-corrected chi connectivity index (χ0v) is 22.8. The van der Waals surface area contributed by atoms with Gasteiger partial charge in [0.1, 0.15) is 11.8 Å². The molecule has 3 atom stereocenters. The molecule has 1 spiro atoms. The maximum absolute atomic E-state index is 13.8. The molecule has 1 aromatic heterocycles. The number of hydrogen-bond donors (Lipinski definition) is 2. The fourth-order valence-corrected chi connectivity index (χ4v) is 6.46. The molecule has 38 heavy (non-hydrogen) atoms. The minimum Gasteiger partial charge on any atom is -0.381 e. The highest BCUT2D eigenvalue weighted by Gasteiger charge is 2.44. The van der Waals surface area contributed by atoms with Crippen LogP contribution in [0.15, 0.2) is 16.7 Å². The van der Waals surface area contributed by atoms with Gasteiger partial charge in [0.2, 0.25) is 11.8 Å². The summed E-state index contributed by atoms with van der Waals surface area (Å²) in [5.74, 6) is 1.04. The zero-order valence-electron chi connectivity index (χ0n) is 22.8. The van der Waals surface area contributed by atoms with Crippen LogP contribution in [0.3, 0.4) is 0 Å². The summed E-state index contributed by atoms with van der Waals surface area (Å²) in [6.07, 6.45) is 11.9. The van der Waals surface area contributed by atoms with Crippen LogP contribution in [0, 0.1) is 17.3 Å². The first kappa shape index (κ1) is 26.9. The second-order valence-corrected chi connectivity index (χ2v) is 12.0. The molecule has 9 nitrogen and oxygen atoms in total. The van der Waals surface area contributed by atoms with Gasteiger partial charge in [0, 0.05) is 43.6 Å². The van der Waals surface area contributed by atoms with Crippen molar-refractivity contribution in [3.05, 3.63) is 29.2 Å². The number of allylic oxidation sites excluding steroid dienone is 2. The van der Waals surface area contributed by atoms with Crippen LogP contribution in [-0.2, 0) is 27.2 Å². The number of likely N-dealkylation sites (tertiary alicyclic amines) is 1. The molecule has 9 heteroatoms. The Morgan fingerprint density at radius 1 is 1.16 bits per heavy atom. The molecule has 0 aromatic carbocycles. The van der Waals surface area contributed by atoms with Crippen LogP contribution in [-0.4, -0.2) is 66.2 Å². The first-order valence-corrected chi connectivity index (χ1v) is 14.5. The highest BCUT2D eigenvalue weighted by atomic mass is 16.5. The second kappa shape index (κ2) is 11.6. The van der Waals surface area contributed by atoms with E-state index in [4.69, 9.17) is 9.26 Å². The van der Waals surface area contributed by atoms with Gasteiger partial charge in [0.15, 0.2) is 5.69 Å². The molecule has 4 aliphatic rings. The predicted molar refractivity (Wildman–Crippen MR) is 141 cm³/mol. The van der Waals surface area contributed by atoms with E-state index < -0.39 is 11.5 Å². The molecule has 2 fully saturated rings. The number of ether oxygens (including phenoxy) is 1. The summed E-state index contributed by atoms with van der Waals surface area (Å²) in [7, 11) is 0. The van der Waals surface area contributed by atoms with Gasteiger partial charge in [-0.2, -0.15) is 0 Å². The third-order valence-electron chi connectivity index (χ3n) is 8.89. The molecular formula is C29H42N4O5. The molecule has 2 N–H and O–H groups in total. The lowest BCUT2D eigenvalue weighted by molar-refractivity contribution is -0.138. The topological polar surface area (TPSA) is 114 Å². The Labute approximate surface area is 225 Å².